The number of ketones is 2. The molecule has 0 saturated heterocycles. The van der Waals surface area contributed by atoms with Crippen LogP contribution in [0.5, 0.6) is 0 Å². The van der Waals surface area contributed by atoms with E-state index < -0.39 is 84.2 Å². The second kappa shape index (κ2) is 10.5. The summed E-state index contributed by atoms with van der Waals surface area (Å²) in [6, 6.07) is 4.99. The highest BCUT2D eigenvalue weighted by Crippen LogP contribution is 2.31. The van der Waals surface area contributed by atoms with Crippen LogP contribution in [0.1, 0.15) is 33.6 Å². The Balaban J connectivity index is 2.27. The molecule has 1 atom stereocenters. The van der Waals surface area contributed by atoms with Crippen LogP contribution in [-0.2, 0) is 0 Å². The molecule has 0 bridgehead atoms. The minimum atomic E-state index is -1.48. The average Bonchev–Trinajstić information content (AvgIpc) is 2.75. The number of nitro benzene ring substituents is 2. The lowest BCUT2D eigenvalue weighted by Crippen LogP contribution is -2.32. The van der Waals surface area contributed by atoms with Gasteiger partial charge in [0.1, 0.15) is 0 Å². The van der Waals surface area contributed by atoms with Gasteiger partial charge in [-0.05, 0) is 30.7 Å². The molecule has 17 nitrogen and oxygen atoms in total. The molecule has 0 aliphatic carbocycles. The molecule has 4 N–H and O–H groups in total. The molecule has 0 heterocycles. The molecule has 2 rings (SSSR count). The molecule has 2 aromatic rings. The minimum absolute atomic E-state index is 0.397. The van der Waals surface area contributed by atoms with E-state index in [1.165, 1.54) is 6.07 Å². The maximum Gasteiger partial charge on any atom is 0.309 e. The second-order valence-electron chi connectivity index (χ2n) is 6.59. The first-order valence-electron chi connectivity index (χ1n) is 9.14. The van der Waals surface area contributed by atoms with Crippen molar-refractivity contribution < 1.29 is 29.5 Å². The van der Waals surface area contributed by atoms with E-state index in [2.05, 4.69) is 0 Å². The standard InChI is InChI=1S/C17H15N7O10/c18-11(17(26)10-4-2-6-13(20-24(33)34)16(10)22(29)30)7-8-14(25)9-3-1-5-12(19-23(31)32)15(9)21(27)28/h1-6,11,19-20H,7-8,18H2. The van der Waals surface area contributed by atoms with Crippen molar-refractivity contribution in [2.24, 2.45) is 5.73 Å². The van der Waals surface area contributed by atoms with Crippen LogP contribution >= 0.6 is 0 Å². The average molecular weight is 477 g/mol. The maximum absolute atomic E-state index is 12.7. The predicted molar refractivity (Wildman–Crippen MR) is 113 cm³/mol. The topological polar surface area (TPSA) is 257 Å². The van der Waals surface area contributed by atoms with E-state index in [1.54, 1.807) is 10.9 Å². The first kappa shape index (κ1) is 25.2. The summed E-state index contributed by atoms with van der Waals surface area (Å²) in [5, 5.41) is 42.0. The molecule has 0 aliphatic heterocycles. The molecule has 0 saturated carbocycles. The first-order chi connectivity index (χ1) is 15.9. The van der Waals surface area contributed by atoms with Gasteiger partial charge in [0, 0.05) is 6.42 Å². The third-order valence-electron chi connectivity index (χ3n) is 4.45. The number of rotatable bonds is 12. The zero-order valence-electron chi connectivity index (χ0n) is 16.9. The van der Waals surface area contributed by atoms with Gasteiger partial charge in [-0.3, -0.25) is 29.8 Å². The highest BCUT2D eigenvalue weighted by atomic mass is 16.7. The summed E-state index contributed by atoms with van der Waals surface area (Å²) < 4.78 is 0. The van der Waals surface area contributed by atoms with Gasteiger partial charge in [-0.1, -0.05) is 12.1 Å². The van der Waals surface area contributed by atoms with Gasteiger partial charge in [0.15, 0.2) is 33.0 Å². The number of hydrazine groups is 2. The molecule has 2 aromatic carbocycles. The molecule has 34 heavy (non-hydrogen) atoms. The van der Waals surface area contributed by atoms with Gasteiger partial charge in [-0.15, -0.1) is 10.9 Å². The summed E-state index contributed by atoms with van der Waals surface area (Å²) in [6.45, 7) is 0. The number of hydrogen-bond donors (Lipinski definition) is 3. The van der Waals surface area contributed by atoms with Crippen LogP contribution in [0.15, 0.2) is 36.4 Å². The van der Waals surface area contributed by atoms with E-state index in [0.717, 1.165) is 30.3 Å². The van der Waals surface area contributed by atoms with E-state index in [-0.39, 0.29) is 0 Å². The normalized spacial score (nSPS) is 11.2. The number of carbonyl (C=O) groups excluding carboxylic acids is 2. The van der Waals surface area contributed by atoms with Crippen molar-refractivity contribution in [3.63, 3.8) is 0 Å². The SMILES string of the molecule is NC(CCC(=O)c1cccc(N[N+](=O)[O-])c1[N+](=O)[O-])C(=O)c1cccc(N[N+](=O)[O-])c1[N+](=O)[O-]. The Morgan fingerprint density at radius 2 is 1.24 bits per heavy atom. The number of para-hydroxylation sites is 2. The van der Waals surface area contributed by atoms with Crippen LogP contribution < -0.4 is 16.6 Å². The molecular formula is C17H15N7O10. The molecule has 0 aliphatic rings. The zero-order chi connectivity index (χ0) is 25.6. The van der Waals surface area contributed by atoms with Gasteiger partial charge < -0.3 is 5.73 Å². The van der Waals surface area contributed by atoms with Gasteiger partial charge in [0.25, 0.3) is 0 Å². The van der Waals surface area contributed by atoms with E-state index in [1.807, 2.05) is 0 Å². The molecule has 0 amide bonds. The van der Waals surface area contributed by atoms with Crippen molar-refractivity contribution in [3.05, 3.63) is 88.0 Å². The van der Waals surface area contributed by atoms with Crippen molar-refractivity contribution in [1.82, 2.24) is 0 Å². The Labute approximate surface area is 188 Å². The number of nitrogens with zero attached hydrogens (tertiary/aromatic N) is 4. The molecule has 178 valence electrons. The monoisotopic (exact) mass is 477 g/mol. The Morgan fingerprint density at radius 3 is 1.68 bits per heavy atom. The molecule has 0 fully saturated rings. The van der Waals surface area contributed by atoms with E-state index in [4.69, 9.17) is 5.73 Å². The third-order valence-corrected chi connectivity index (χ3v) is 4.45. The van der Waals surface area contributed by atoms with Gasteiger partial charge >= 0.3 is 11.4 Å². The Bertz CT molecular complexity index is 1200. The summed E-state index contributed by atoms with van der Waals surface area (Å²) in [5.74, 6) is -1.86. The van der Waals surface area contributed by atoms with Gasteiger partial charge in [0.2, 0.25) is 0 Å². The van der Waals surface area contributed by atoms with Crippen molar-refractivity contribution in [2.45, 2.75) is 18.9 Å². The van der Waals surface area contributed by atoms with Crippen LogP contribution in [-0.4, -0.2) is 37.5 Å². The molecule has 0 radical (unpaired) electrons. The van der Waals surface area contributed by atoms with Crippen molar-refractivity contribution in [2.75, 3.05) is 10.9 Å². The number of hydrogen-bond acceptors (Lipinski definition) is 11. The van der Waals surface area contributed by atoms with Crippen LogP contribution in [0.2, 0.25) is 0 Å². The second-order valence-corrected chi connectivity index (χ2v) is 6.59. The lowest BCUT2D eigenvalue weighted by atomic mass is 9.96. The minimum Gasteiger partial charge on any atom is -0.321 e. The number of nitrogens with one attached hydrogen (secondary N) is 2. The highest BCUT2D eigenvalue weighted by molar-refractivity contribution is 6.06. The number of Topliss-reactive ketones (excluding diaryl/α,β-unsaturated/α-hetero) is 2. The van der Waals surface area contributed by atoms with Crippen molar-refractivity contribution in [3.8, 4) is 0 Å². The van der Waals surface area contributed by atoms with E-state index >= 15 is 0 Å². The van der Waals surface area contributed by atoms with E-state index in [9.17, 15) is 50.0 Å². The maximum atomic E-state index is 12.7. The highest BCUT2D eigenvalue weighted by Gasteiger charge is 2.31. The molecule has 17 heteroatoms. The largest absolute Gasteiger partial charge is 0.321 e. The fourth-order valence-electron chi connectivity index (χ4n) is 3.03. The van der Waals surface area contributed by atoms with E-state index in [0.29, 0.717) is 0 Å². The third kappa shape index (κ3) is 5.79. The van der Waals surface area contributed by atoms with Crippen molar-refractivity contribution >= 4 is 34.3 Å². The lowest BCUT2D eigenvalue weighted by molar-refractivity contribution is -0.447. The molecule has 0 spiro atoms. The zero-order valence-corrected chi connectivity index (χ0v) is 16.9. The molecule has 1 unspecified atom stereocenters. The number of benzene rings is 2. The summed E-state index contributed by atoms with van der Waals surface area (Å²) in [4.78, 5) is 67.3. The quantitative estimate of drug-likeness (QED) is 0.224. The number of nitro groups is 4. The fraction of sp³-hybridized carbons (Fsp3) is 0.176. The van der Waals surface area contributed by atoms with Crippen LogP contribution in [0.4, 0.5) is 22.7 Å². The van der Waals surface area contributed by atoms with Gasteiger partial charge in [0.05, 0.1) is 27.0 Å². The number of nitrogens with two attached hydrogens (primary N) is 1. The fourth-order valence-corrected chi connectivity index (χ4v) is 3.03. The number of anilines is 2. The van der Waals surface area contributed by atoms with Crippen LogP contribution in [0, 0.1) is 40.5 Å². The Hall–Kier alpha value is -5.06. The predicted octanol–water partition coefficient (Wildman–Crippen LogP) is 1.88. The summed E-state index contributed by atoms with van der Waals surface area (Å²) in [6.07, 6.45) is -0.915. The molecule has 0 aromatic heterocycles. The Morgan fingerprint density at radius 1 is 0.794 bits per heavy atom. The number of carbonyl (C=O) groups is 2. The van der Waals surface area contributed by atoms with Gasteiger partial charge in [-0.2, -0.15) is 0 Å². The summed E-state index contributed by atoms with van der Waals surface area (Å²) in [5.41, 5.74) is 5.16. The first-order valence-corrected chi connectivity index (χ1v) is 9.14. The summed E-state index contributed by atoms with van der Waals surface area (Å²) >= 11 is 0. The smallest absolute Gasteiger partial charge is 0.309 e. The Kier molecular flexibility index (Phi) is 7.79. The lowest BCUT2D eigenvalue weighted by Gasteiger charge is -2.12. The van der Waals surface area contributed by atoms with Gasteiger partial charge in [-0.25, -0.2) is 20.2 Å². The molecular weight excluding hydrogens is 462 g/mol. The van der Waals surface area contributed by atoms with Crippen LogP contribution in [0.25, 0.3) is 0 Å². The van der Waals surface area contributed by atoms with Crippen molar-refractivity contribution in [1.29, 1.82) is 0 Å². The summed E-state index contributed by atoms with van der Waals surface area (Å²) in [7, 11) is 0. The van der Waals surface area contributed by atoms with Crippen LogP contribution in [0.3, 0.4) is 0 Å².